The van der Waals surface area contributed by atoms with Crippen molar-refractivity contribution in [3.8, 4) is 0 Å². The molecule has 2 atom stereocenters. The summed E-state index contributed by atoms with van der Waals surface area (Å²) in [4.78, 5) is 13.5. The van der Waals surface area contributed by atoms with Crippen LogP contribution in [0.25, 0.3) is 0 Å². The van der Waals surface area contributed by atoms with E-state index in [1.54, 1.807) is 6.92 Å². The molecule has 1 heterocycles. The van der Waals surface area contributed by atoms with Gasteiger partial charge in [0.1, 0.15) is 0 Å². The zero-order valence-electron chi connectivity index (χ0n) is 13.9. The summed E-state index contributed by atoms with van der Waals surface area (Å²) in [6.45, 7) is 3.88. The van der Waals surface area contributed by atoms with Crippen molar-refractivity contribution in [3.63, 3.8) is 0 Å². The molecule has 0 spiro atoms. The third-order valence-corrected chi connectivity index (χ3v) is 3.93. The average molecular weight is 385 g/mol. The van der Waals surface area contributed by atoms with Crippen LogP contribution in [0, 0.1) is 0 Å². The van der Waals surface area contributed by atoms with E-state index in [1.165, 1.54) is 11.8 Å². The molecule has 0 aliphatic carbocycles. The fourth-order valence-electron chi connectivity index (χ4n) is 2.49. The lowest BCUT2D eigenvalue weighted by Gasteiger charge is -2.32. The number of halogens is 6. The van der Waals surface area contributed by atoms with Gasteiger partial charge in [0.05, 0.1) is 23.8 Å². The first-order chi connectivity index (χ1) is 11.9. The molecule has 4 nitrogen and oxygen atoms in total. The summed E-state index contributed by atoms with van der Waals surface area (Å²) in [5.41, 5.74) is -3.23. The zero-order valence-corrected chi connectivity index (χ0v) is 13.9. The highest BCUT2D eigenvalue weighted by Crippen LogP contribution is 2.38. The number of morpholine rings is 1. The van der Waals surface area contributed by atoms with Gasteiger partial charge in [-0.05, 0) is 37.6 Å². The second kappa shape index (κ2) is 7.43. The molecule has 10 heteroatoms. The maximum absolute atomic E-state index is 12.9. The monoisotopic (exact) mass is 385 g/mol. The lowest BCUT2D eigenvalue weighted by molar-refractivity contribution is -0.208. The fourth-order valence-corrected chi connectivity index (χ4v) is 2.49. The molecular weight excluding hydrogens is 368 g/mol. The van der Waals surface area contributed by atoms with Gasteiger partial charge < -0.3 is 14.4 Å². The summed E-state index contributed by atoms with van der Waals surface area (Å²) < 4.78 is 88.0. The van der Waals surface area contributed by atoms with E-state index < -0.39 is 41.8 Å². The van der Waals surface area contributed by atoms with Crippen molar-refractivity contribution >= 4 is 5.91 Å². The predicted molar refractivity (Wildman–Crippen MR) is 77.9 cm³/mol. The third kappa shape index (κ3) is 4.67. The molecule has 26 heavy (non-hydrogen) atoms. The minimum atomic E-state index is -4.95. The molecule has 0 saturated carbocycles. The van der Waals surface area contributed by atoms with Crippen LogP contribution >= 0.6 is 0 Å². The Labute approximate surface area is 145 Å². The topological polar surface area (TPSA) is 38.8 Å². The molecule has 146 valence electrons. The Morgan fingerprint density at radius 1 is 1.15 bits per heavy atom. The molecule has 1 saturated heterocycles. The molecule has 0 unspecified atom stereocenters. The first kappa shape index (κ1) is 20.5. The largest absolute Gasteiger partial charge is 0.416 e. The molecule has 0 bridgehead atoms. The molecule has 0 N–H and O–H groups in total. The maximum atomic E-state index is 12.9. The van der Waals surface area contributed by atoms with Gasteiger partial charge in [-0.1, -0.05) is 0 Å². The molecular formula is C16H17F6NO3. The van der Waals surface area contributed by atoms with Gasteiger partial charge in [-0.15, -0.1) is 0 Å². The van der Waals surface area contributed by atoms with Crippen LogP contribution in [0.1, 0.15) is 36.6 Å². The number of hydrogen-bond acceptors (Lipinski definition) is 3. The second-order valence-corrected chi connectivity index (χ2v) is 5.74. The lowest BCUT2D eigenvalue weighted by Crippen LogP contribution is -2.48. The van der Waals surface area contributed by atoms with Crippen LogP contribution in [-0.4, -0.2) is 36.8 Å². The van der Waals surface area contributed by atoms with E-state index in [2.05, 4.69) is 0 Å². The Bertz CT molecular complexity index is 626. The fraction of sp³-hybridized carbons (Fsp3) is 0.562. The molecule has 2 rings (SSSR count). The standard InChI is InChI=1S/C16H17F6NO3/c1-3-23-4-5-25-14(13(23)24)26-9(2)10-6-11(15(17,18)19)8-12(7-10)16(20,21)22/h6-9,14H,3-5H2,1-2H3/t9-,14-/m1/s1. The number of carbonyl (C=O) groups excluding carboxylic acids is 1. The number of rotatable bonds is 4. The molecule has 1 fully saturated rings. The number of nitrogens with zero attached hydrogens (tertiary/aromatic N) is 1. The van der Waals surface area contributed by atoms with E-state index in [0.717, 1.165) is 0 Å². The van der Waals surface area contributed by atoms with E-state index in [4.69, 9.17) is 9.47 Å². The average Bonchev–Trinajstić information content (AvgIpc) is 2.54. The van der Waals surface area contributed by atoms with Gasteiger partial charge in [0.25, 0.3) is 5.91 Å². The van der Waals surface area contributed by atoms with E-state index >= 15 is 0 Å². The van der Waals surface area contributed by atoms with Crippen molar-refractivity contribution in [3.05, 3.63) is 34.9 Å². The first-order valence-electron chi connectivity index (χ1n) is 7.78. The Morgan fingerprint density at radius 3 is 2.15 bits per heavy atom. The summed E-state index contributed by atoms with van der Waals surface area (Å²) in [7, 11) is 0. The molecule has 1 aromatic rings. The van der Waals surface area contributed by atoms with Gasteiger partial charge in [-0.25, -0.2) is 0 Å². The van der Waals surface area contributed by atoms with Gasteiger partial charge >= 0.3 is 12.4 Å². The van der Waals surface area contributed by atoms with E-state index in [1.807, 2.05) is 0 Å². The zero-order chi connectivity index (χ0) is 19.7. The van der Waals surface area contributed by atoms with Crippen LogP contribution in [0.3, 0.4) is 0 Å². The van der Waals surface area contributed by atoms with E-state index in [0.29, 0.717) is 25.2 Å². The number of hydrogen-bond donors (Lipinski definition) is 0. The summed E-state index contributed by atoms with van der Waals surface area (Å²) in [6, 6.07) is 1.19. The molecule has 1 aliphatic heterocycles. The van der Waals surface area contributed by atoms with Gasteiger partial charge in [0.2, 0.25) is 6.29 Å². The third-order valence-electron chi connectivity index (χ3n) is 3.93. The van der Waals surface area contributed by atoms with Crippen LogP contribution in [0.15, 0.2) is 18.2 Å². The first-order valence-corrected chi connectivity index (χ1v) is 7.78. The van der Waals surface area contributed by atoms with Crippen molar-refractivity contribution in [1.29, 1.82) is 0 Å². The normalized spacial score (nSPS) is 20.4. The summed E-state index contributed by atoms with van der Waals surface area (Å²) in [5, 5.41) is 0. The molecule has 0 radical (unpaired) electrons. The number of benzene rings is 1. The lowest BCUT2D eigenvalue weighted by atomic mass is 10.0. The van der Waals surface area contributed by atoms with Crippen LogP contribution in [-0.2, 0) is 26.6 Å². The van der Waals surface area contributed by atoms with Gasteiger partial charge in [-0.3, -0.25) is 4.79 Å². The molecule has 1 aliphatic rings. The number of amides is 1. The Hall–Kier alpha value is -1.81. The van der Waals surface area contributed by atoms with Crippen molar-refractivity contribution < 1.29 is 40.6 Å². The summed E-state index contributed by atoms with van der Waals surface area (Å²) in [5.74, 6) is -0.520. The van der Waals surface area contributed by atoms with Crippen LogP contribution < -0.4 is 0 Å². The van der Waals surface area contributed by atoms with Crippen molar-refractivity contribution in [1.82, 2.24) is 4.90 Å². The number of carbonyl (C=O) groups is 1. The summed E-state index contributed by atoms with van der Waals surface area (Å²) >= 11 is 0. The van der Waals surface area contributed by atoms with E-state index in [9.17, 15) is 31.1 Å². The number of ether oxygens (including phenoxy) is 2. The minimum absolute atomic E-state index is 0.0390. The molecule has 1 amide bonds. The quantitative estimate of drug-likeness (QED) is 0.736. The predicted octanol–water partition coefficient (Wildman–Crippen LogP) is 4.01. The number of alkyl halides is 6. The van der Waals surface area contributed by atoms with Crippen molar-refractivity contribution in [2.24, 2.45) is 0 Å². The molecule has 0 aromatic heterocycles. The highest BCUT2D eigenvalue weighted by atomic mass is 19.4. The smallest absolute Gasteiger partial charge is 0.343 e. The Balaban J connectivity index is 2.30. The van der Waals surface area contributed by atoms with Crippen LogP contribution in [0.4, 0.5) is 26.3 Å². The van der Waals surface area contributed by atoms with Crippen LogP contribution in [0.2, 0.25) is 0 Å². The highest BCUT2D eigenvalue weighted by molar-refractivity contribution is 5.80. The highest BCUT2D eigenvalue weighted by Gasteiger charge is 2.38. The second-order valence-electron chi connectivity index (χ2n) is 5.74. The Kier molecular flexibility index (Phi) is 5.86. The number of likely N-dealkylation sites (N-methyl/N-ethyl adjacent to an activating group) is 1. The van der Waals surface area contributed by atoms with Crippen LogP contribution in [0.5, 0.6) is 0 Å². The van der Waals surface area contributed by atoms with Crippen molar-refractivity contribution in [2.45, 2.75) is 38.6 Å². The van der Waals surface area contributed by atoms with Gasteiger partial charge in [0, 0.05) is 13.1 Å². The van der Waals surface area contributed by atoms with Gasteiger partial charge in [0.15, 0.2) is 0 Å². The minimum Gasteiger partial charge on any atom is -0.343 e. The van der Waals surface area contributed by atoms with E-state index in [-0.39, 0.29) is 18.2 Å². The van der Waals surface area contributed by atoms with Crippen molar-refractivity contribution in [2.75, 3.05) is 19.7 Å². The summed E-state index contributed by atoms with van der Waals surface area (Å²) in [6.07, 6.45) is -12.5. The SMILES string of the molecule is CCN1CCO[C@H](O[C@H](C)c2cc(C(F)(F)F)cc(C(F)(F)F)c2)C1=O. The Morgan fingerprint density at radius 2 is 1.69 bits per heavy atom. The maximum Gasteiger partial charge on any atom is 0.416 e. The molecule has 1 aromatic carbocycles. The van der Waals surface area contributed by atoms with Gasteiger partial charge in [-0.2, -0.15) is 26.3 Å².